The van der Waals surface area contributed by atoms with Gasteiger partial charge in [-0.15, -0.1) is 0 Å². The van der Waals surface area contributed by atoms with E-state index in [4.69, 9.17) is 0 Å². The monoisotopic (exact) mass is 220 g/mol. The van der Waals surface area contributed by atoms with Gasteiger partial charge in [0.1, 0.15) is 0 Å². The van der Waals surface area contributed by atoms with E-state index >= 15 is 0 Å². The van der Waals surface area contributed by atoms with Crippen LogP contribution in [0.25, 0.3) is 0 Å². The van der Waals surface area contributed by atoms with Gasteiger partial charge in [-0.05, 0) is 10.3 Å². The molecule has 0 rings (SSSR count). The lowest BCUT2D eigenvalue weighted by Crippen LogP contribution is -2.07. The Bertz CT molecular complexity index is 326. The van der Waals surface area contributed by atoms with Gasteiger partial charge in [0, 0.05) is 6.08 Å². The molecule has 6 heteroatoms. The fourth-order valence-corrected chi connectivity index (χ4v) is 1.10. The average Bonchev–Trinajstić information content (AvgIpc) is 2.11. The maximum Gasteiger partial charge on any atom is 0.366 e. The summed E-state index contributed by atoms with van der Waals surface area (Å²) in [5.74, 6) is -0.907. The normalized spacial score (nSPS) is 11.9. The van der Waals surface area contributed by atoms with Crippen molar-refractivity contribution >= 4 is 16.1 Å². The number of rotatable bonds is 5. The Labute approximate surface area is 83.1 Å². The second kappa shape index (κ2) is 5.56. The van der Waals surface area contributed by atoms with Crippen LogP contribution >= 0.6 is 0 Å². The predicted molar refractivity (Wildman–Crippen MR) is 50.3 cm³/mol. The lowest BCUT2D eigenvalue weighted by molar-refractivity contribution is -0.204. The Kier molecular flexibility index (Phi) is 5.11. The molecule has 0 aromatic heterocycles. The maximum atomic E-state index is 10.9. The summed E-state index contributed by atoms with van der Waals surface area (Å²) in [7, 11) is -3.95. The summed E-state index contributed by atoms with van der Waals surface area (Å²) >= 11 is 0. The highest BCUT2D eigenvalue weighted by atomic mass is 32.2. The standard InChI is InChI=1S/C8H12O5S/c1-4-8(9)12-13-14(10,11)6-5-7(2)3/h4-7H,1H2,2-3H3. The second-order valence-electron chi connectivity index (χ2n) is 2.74. The second-order valence-corrected chi connectivity index (χ2v) is 4.13. The van der Waals surface area contributed by atoms with Gasteiger partial charge in [0.2, 0.25) is 0 Å². The van der Waals surface area contributed by atoms with Gasteiger partial charge in [0.15, 0.2) is 0 Å². The van der Waals surface area contributed by atoms with Gasteiger partial charge >= 0.3 is 16.1 Å². The molecule has 0 saturated carbocycles. The van der Waals surface area contributed by atoms with Crippen LogP contribution < -0.4 is 0 Å². The van der Waals surface area contributed by atoms with Gasteiger partial charge in [-0.2, -0.15) is 8.42 Å². The number of hydrogen-bond acceptors (Lipinski definition) is 5. The summed E-state index contributed by atoms with van der Waals surface area (Å²) in [5, 5.41) is 0.827. The van der Waals surface area contributed by atoms with Crippen molar-refractivity contribution in [3.05, 3.63) is 24.1 Å². The highest BCUT2D eigenvalue weighted by Gasteiger charge is 2.10. The minimum absolute atomic E-state index is 0.0588. The molecule has 0 bridgehead atoms. The van der Waals surface area contributed by atoms with Crippen molar-refractivity contribution in [1.29, 1.82) is 0 Å². The van der Waals surface area contributed by atoms with Gasteiger partial charge < -0.3 is 0 Å². The first-order valence-corrected chi connectivity index (χ1v) is 5.30. The zero-order valence-corrected chi connectivity index (χ0v) is 8.78. The molecular weight excluding hydrogens is 208 g/mol. The van der Waals surface area contributed by atoms with Gasteiger partial charge in [0.05, 0.1) is 5.41 Å². The Hall–Kier alpha value is -1.14. The molecule has 0 spiro atoms. The molecular formula is C8H12O5S. The van der Waals surface area contributed by atoms with E-state index in [2.05, 4.69) is 15.8 Å². The summed E-state index contributed by atoms with van der Waals surface area (Å²) in [5.41, 5.74) is 0. The van der Waals surface area contributed by atoms with E-state index < -0.39 is 16.1 Å². The zero-order chi connectivity index (χ0) is 11.2. The highest BCUT2D eigenvalue weighted by Crippen LogP contribution is 2.01. The van der Waals surface area contributed by atoms with Crippen LogP contribution in [-0.4, -0.2) is 14.4 Å². The van der Waals surface area contributed by atoms with Crippen LogP contribution in [0.15, 0.2) is 24.1 Å². The first-order chi connectivity index (χ1) is 6.37. The minimum Gasteiger partial charge on any atom is -0.276 e. The van der Waals surface area contributed by atoms with Gasteiger partial charge in [-0.3, -0.25) is 4.89 Å². The van der Waals surface area contributed by atoms with E-state index in [0.717, 1.165) is 11.5 Å². The zero-order valence-electron chi connectivity index (χ0n) is 7.97. The third-order valence-electron chi connectivity index (χ3n) is 1.01. The van der Waals surface area contributed by atoms with E-state index in [1.165, 1.54) is 6.08 Å². The number of hydrogen-bond donors (Lipinski definition) is 0. The summed E-state index contributed by atoms with van der Waals surface area (Å²) in [6, 6.07) is 0. The molecule has 5 nitrogen and oxygen atoms in total. The van der Waals surface area contributed by atoms with Crippen LogP contribution in [0.3, 0.4) is 0 Å². The lowest BCUT2D eigenvalue weighted by atomic mass is 10.2. The third kappa shape index (κ3) is 6.38. The van der Waals surface area contributed by atoms with Crippen LogP contribution in [0.1, 0.15) is 13.8 Å². The predicted octanol–water partition coefficient (Wildman–Crippen LogP) is 1.15. The smallest absolute Gasteiger partial charge is 0.276 e. The largest absolute Gasteiger partial charge is 0.366 e. The molecule has 14 heavy (non-hydrogen) atoms. The average molecular weight is 220 g/mol. The van der Waals surface area contributed by atoms with Crippen molar-refractivity contribution in [1.82, 2.24) is 0 Å². The van der Waals surface area contributed by atoms with Crippen LogP contribution in [0.4, 0.5) is 0 Å². The van der Waals surface area contributed by atoms with Crippen LogP contribution in [0.2, 0.25) is 0 Å². The van der Waals surface area contributed by atoms with Crippen LogP contribution in [0, 0.1) is 5.92 Å². The molecule has 0 aromatic carbocycles. The number of carbonyl (C=O) groups is 1. The molecule has 0 fully saturated rings. The summed E-state index contributed by atoms with van der Waals surface area (Å²) in [6.45, 7) is 6.65. The molecule has 0 amide bonds. The first kappa shape index (κ1) is 12.9. The van der Waals surface area contributed by atoms with Gasteiger partial charge in [-0.25, -0.2) is 4.79 Å². The SMILES string of the molecule is C=CC(=O)OOS(=O)(=O)C=CC(C)C. The number of allylic oxidation sites excluding steroid dienone is 1. The van der Waals surface area contributed by atoms with Crippen molar-refractivity contribution in [3.63, 3.8) is 0 Å². The maximum absolute atomic E-state index is 10.9. The van der Waals surface area contributed by atoms with Crippen LogP contribution in [0.5, 0.6) is 0 Å². The fraction of sp³-hybridized carbons (Fsp3) is 0.375. The lowest BCUT2D eigenvalue weighted by Gasteiger charge is -1.98. The molecule has 0 radical (unpaired) electrons. The molecule has 0 heterocycles. The van der Waals surface area contributed by atoms with Crippen molar-refractivity contribution in [3.8, 4) is 0 Å². The van der Waals surface area contributed by atoms with Crippen molar-refractivity contribution in [2.75, 3.05) is 0 Å². The van der Waals surface area contributed by atoms with E-state index in [1.54, 1.807) is 13.8 Å². The Morgan fingerprint density at radius 3 is 2.43 bits per heavy atom. The quantitative estimate of drug-likeness (QED) is 0.395. The summed E-state index contributed by atoms with van der Waals surface area (Å²) in [6.07, 6.45) is 2.19. The van der Waals surface area contributed by atoms with Crippen LogP contribution in [-0.2, 0) is 24.1 Å². The topological polar surface area (TPSA) is 69.7 Å². The molecule has 0 unspecified atom stereocenters. The number of carbonyl (C=O) groups excluding carboxylic acids is 1. The van der Waals surface area contributed by atoms with E-state index in [0.29, 0.717) is 0 Å². The fourth-order valence-electron chi connectivity index (χ4n) is 0.391. The van der Waals surface area contributed by atoms with Gasteiger partial charge in [-0.1, -0.05) is 26.5 Å². The van der Waals surface area contributed by atoms with E-state index in [1.807, 2.05) is 0 Å². The molecule has 0 N–H and O–H groups in total. The molecule has 0 aliphatic heterocycles. The minimum atomic E-state index is -3.95. The molecule has 0 aliphatic rings. The Morgan fingerprint density at radius 1 is 1.43 bits per heavy atom. The van der Waals surface area contributed by atoms with E-state index in [-0.39, 0.29) is 5.92 Å². The third-order valence-corrected chi connectivity index (χ3v) is 1.76. The van der Waals surface area contributed by atoms with Crippen molar-refractivity contribution in [2.24, 2.45) is 5.92 Å². The molecule has 0 aliphatic carbocycles. The van der Waals surface area contributed by atoms with E-state index in [9.17, 15) is 13.2 Å². The van der Waals surface area contributed by atoms with Crippen molar-refractivity contribution in [2.45, 2.75) is 13.8 Å². The van der Waals surface area contributed by atoms with Crippen molar-refractivity contribution < 1.29 is 22.4 Å². The molecule has 0 saturated heterocycles. The first-order valence-electron chi connectivity index (χ1n) is 3.83. The summed E-state index contributed by atoms with van der Waals surface area (Å²) in [4.78, 5) is 14.3. The molecule has 80 valence electrons. The Morgan fingerprint density at radius 2 is 2.00 bits per heavy atom. The molecule has 0 atom stereocenters. The summed E-state index contributed by atoms with van der Waals surface area (Å²) < 4.78 is 25.8. The van der Waals surface area contributed by atoms with Gasteiger partial charge in [0.25, 0.3) is 0 Å². The highest BCUT2D eigenvalue weighted by molar-refractivity contribution is 7.89. The Balaban J connectivity index is 4.23. The molecule has 0 aromatic rings.